The van der Waals surface area contributed by atoms with Crippen LogP contribution in [0, 0.1) is 0 Å². The highest BCUT2D eigenvalue weighted by atomic mass is 35.5. The van der Waals surface area contributed by atoms with E-state index < -0.39 is 15.9 Å². The highest BCUT2D eigenvalue weighted by Crippen LogP contribution is 2.27. The van der Waals surface area contributed by atoms with Crippen LogP contribution in [0.2, 0.25) is 5.02 Å². The van der Waals surface area contributed by atoms with Crippen molar-refractivity contribution >= 4 is 50.9 Å². The second-order valence-corrected chi connectivity index (χ2v) is 8.65. The molecule has 1 saturated heterocycles. The summed E-state index contributed by atoms with van der Waals surface area (Å²) in [5.74, 6) is 0.321. The van der Waals surface area contributed by atoms with Crippen LogP contribution in [0.15, 0.2) is 23.1 Å². The Balaban J connectivity index is 2.18. The van der Waals surface area contributed by atoms with Crippen LogP contribution >= 0.6 is 23.4 Å². The number of amides is 2. The number of nitrogens with zero attached hydrogens (tertiary/aromatic N) is 2. The van der Waals surface area contributed by atoms with Gasteiger partial charge in [-0.3, -0.25) is 9.59 Å². The van der Waals surface area contributed by atoms with E-state index in [0.29, 0.717) is 24.7 Å². The zero-order chi connectivity index (χ0) is 18.6. The van der Waals surface area contributed by atoms with Gasteiger partial charge in [-0.2, -0.15) is 4.31 Å². The van der Waals surface area contributed by atoms with E-state index >= 15 is 0 Å². The molecule has 0 radical (unpaired) electrons. The van der Waals surface area contributed by atoms with E-state index in [1.807, 2.05) is 0 Å². The standard InChI is InChI=1S/C15H20ClN3O4S2/c1-3-19(4-2)25(22,23)11-5-6-12(16)13(7-11)17-14(20)8-18-10-24-9-15(18)21/h5-7H,3-4,8-10H2,1-2H3,(H,17,20). The van der Waals surface area contributed by atoms with E-state index in [1.165, 1.54) is 39.2 Å². The van der Waals surface area contributed by atoms with Crippen molar-refractivity contribution in [2.45, 2.75) is 18.7 Å². The molecule has 1 aliphatic rings. The second-order valence-electron chi connectivity index (χ2n) is 5.35. The Labute approximate surface area is 156 Å². The molecule has 1 N–H and O–H groups in total. The number of carbonyl (C=O) groups is 2. The van der Waals surface area contributed by atoms with Gasteiger partial charge in [-0.1, -0.05) is 25.4 Å². The summed E-state index contributed by atoms with van der Waals surface area (Å²) in [6.07, 6.45) is 0. The molecule has 1 aliphatic heterocycles. The lowest BCUT2D eigenvalue weighted by Crippen LogP contribution is -2.34. The molecule has 1 aromatic rings. The molecule has 0 atom stereocenters. The first-order valence-electron chi connectivity index (χ1n) is 7.74. The first-order valence-corrected chi connectivity index (χ1v) is 10.7. The number of hydrogen-bond donors (Lipinski definition) is 1. The Kier molecular flexibility index (Phi) is 6.72. The minimum Gasteiger partial charge on any atom is -0.323 e. The summed E-state index contributed by atoms with van der Waals surface area (Å²) in [7, 11) is -3.65. The highest BCUT2D eigenvalue weighted by molar-refractivity contribution is 8.00. The molecule has 2 rings (SSSR count). The van der Waals surface area contributed by atoms with E-state index in [4.69, 9.17) is 11.6 Å². The maximum atomic E-state index is 12.6. The number of halogens is 1. The van der Waals surface area contributed by atoms with Gasteiger partial charge in [-0.05, 0) is 18.2 Å². The number of carbonyl (C=O) groups excluding carboxylic acids is 2. The zero-order valence-corrected chi connectivity index (χ0v) is 16.4. The van der Waals surface area contributed by atoms with Gasteiger partial charge in [0.25, 0.3) is 0 Å². The van der Waals surface area contributed by atoms with E-state index in [0.717, 1.165) is 0 Å². The zero-order valence-electron chi connectivity index (χ0n) is 14.0. The topological polar surface area (TPSA) is 86.8 Å². The molecule has 7 nitrogen and oxygen atoms in total. The van der Waals surface area contributed by atoms with Crippen molar-refractivity contribution in [3.8, 4) is 0 Å². The molecule has 2 amide bonds. The Morgan fingerprint density at radius 3 is 2.60 bits per heavy atom. The largest absolute Gasteiger partial charge is 0.323 e. The Morgan fingerprint density at radius 1 is 1.36 bits per heavy atom. The van der Waals surface area contributed by atoms with Gasteiger partial charge in [0, 0.05) is 13.1 Å². The van der Waals surface area contributed by atoms with Crippen LogP contribution in [-0.4, -0.2) is 60.7 Å². The first kappa shape index (κ1) is 20.0. The van der Waals surface area contributed by atoms with Crippen LogP contribution in [0.3, 0.4) is 0 Å². The molecule has 0 unspecified atom stereocenters. The molecule has 0 spiro atoms. The second kappa shape index (κ2) is 8.39. The number of benzene rings is 1. The molecule has 0 bridgehead atoms. The van der Waals surface area contributed by atoms with Gasteiger partial charge in [-0.25, -0.2) is 8.42 Å². The monoisotopic (exact) mass is 405 g/mol. The number of hydrogen-bond acceptors (Lipinski definition) is 5. The van der Waals surface area contributed by atoms with Crippen molar-refractivity contribution in [3.05, 3.63) is 23.2 Å². The van der Waals surface area contributed by atoms with Gasteiger partial charge in [0.1, 0.15) is 6.54 Å². The molecule has 1 fully saturated rings. The third-order valence-electron chi connectivity index (χ3n) is 3.71. The summed E-state index contributed by atoms with van der Waals surface area (Å²) in [6.45, 7) is 4.11. The Morgan fingerprint density at radius 2 is 2.04 bits per heavy atom. The van der Waals surface area contributed by atoms with E-state index in [1.54, 1.807) is 13.8 Å². The minimum atomic E-state index is -3.65. The van der Waals surface area contributed by atoms with Crippen molar-refractivity contribution in [2.75, 3.05) is 36.6 Å². The van der Waals surface area contributed by atoms with Crippen LogP contribution in [0.25, 0.3) is 0 Å². The molecular formula is C15H20ClN3O4S2. The normalized spacial score (nSPS) is 15.0. The SMILES string of the molecule is CCN(CC)S(=O)(=O)c1ccc(Cl)c(NC(=O)CN2CSCC2=O)c1. The van der Waals surface area contributed by atoms with Crippen molar-refractivity contribution in [1.82, 2.24) is 9.21 Å². The van der Waals surface area contributed by atoms with Gasteiger partial charge < -0.3 is 10.2 Å². The lowest BCUT2D eigenvalue weighted by molar-refractivity contribution is -0.130. The molecule has 138 valence electrons. The maximum absolute atomic E-state index is 12.6. The van der Waals surface area contributed by atoms with Crippen LogP contribution in [0.4, 0.5) is 5.69 Å². The van der Waals surface area contributed by atoms with Gasteiger partial charge in [0.05, 0.1) is 27.2 Å². The number of sulfonamides is 1. The van der Waals surface area contributed by atoms with Gasteiger partial charge in [-0.15, -0.1) is 11.8 Å². The van der Waals surface area contributed by atoms with E-state index in [-0.39, 0.29) is 28.1 Å². The number of nitrogens with one attached hydrogen (secondary N) is 1. The number of thioether (sulfide) groups is 1. The van der Waals surface area contributed by atoms with Crippen molar-refractivity contribution in [3.63, 3.8) is 0 Å². The highest BCUT2D eigenvalue weighted by Gasteiger charge is 2.25. The summed E-state index contributed by atoms with van der Waals surface area (Å²) in [6, 6.07) is 4.19. The Hall–Kier alpha value is -1.29. The lowest BCUT2D eigenvalue weighted by atomic mass is 10.3. The fraction of sp³-hybridized carbons (Fsp3) is 0.467. The van der Waals surface area contributed by atoms with Crippen LogP contribution in [-0.2, 0) is 19.6 Å². The molecule has 1 aromatic carbocycles. The third-order valence-corrected chi connectivity index (χ3v) is 7.04. The molecule has 0 aromatic heterocycles. The van der Waals surface area contributed by atoms with Crippen LogP contribution in [0.1, 0.15) is 13.8 Å². The van der Waals surface area contributed by atoms with Gasteiger partial charge in [0.15, 0.2) is 0 Å². The first-order chi connectivity index (χ1) is 11.8. The molecule has 0 aliphatic carbocycles. The number of rotatable bonds is 7. The average Bonchev–Trinajstić information content (AvgIpc) is 2.95. The summed E-state index contributed by atoms with van der Waals surface area (Å²) in [4.78, 5) is 25.2. The maximum Gasteiger partial charge on any atom is 0.244 e. The summed E-state index contributed by atoms with van der Waals surface area (Å²) in [5.41, 5.74) is 0.208. The molecule has 10 heteroatoms. The van der Waals surface area contributed by atoms with Crippen LogP contribution < -0.4 is 5.32 Å². The van der Waals surface area contributed by atoms with Gasteiger partial charge >= 0.3 is 0 Å². The van der Waals surface area contributed by atoms with Crippen molar-refractivity contribution < 1.29 is 18.0 Å². The average molecular weight is 406 g/mol. The van der Waals surface area contributed by atoms with Crippen LogP contribution in [0.5, 0.6) is 0 Å². The Bertz CT molecular complexity index is 766. The lowest BCUT2D eigenvalue weighted by Gasteiger charge is -2.19. The van der Waals surface area contributed by atoms with Crippen molar-refractivity contribution in [1.29, 1.82) is 0 Å². The molecule has 25 heavy (non-hydrogen) atoms. The number of anilines is 1. The third kappa shape index (κ3) is 4.66. The minimum absolute atomic E-state index is 0.0590. The quantitative estimate of drug-likeness (QED) is 0.747. The van der Waals surface area contributed by atoms with E-state index in [9.17, 15) is 18.0 Å². The predicted molar refractivity (Wildman–Crippen MR) is 99.2 cm³/mol. The fourth-order valence-corrected chi connectivity index (χ4v) is 4.93. The van der Waals surface area contributed by atoms with Crippen molar-refractivity contribution in [2.24, 2.45) is 0 Å². The van der Waals surface area contributed by atoms with Gasteiger partial charge in [0.2, 0.25) is 21.8 Å². The molecular weight excluding hydrogens is 386 g/mol. The smallest absolute Gasteiger partial charge is 0.244 e. The summed E-state index contributed by atoms with van der Waals surface area (Å²) in [5, 5.41) is 2.82. The van der Waals surface area contributed by atoms with E-state index in [2.05, 4.69) is 5.32 Å². The predicted octanol–water partition coefficient (Wildman–Crippen LogP) is 1.84. The molecule has 0 saturated carbocycles. The fourth-order valence-electron chi connectivity index (χ4n) is 2.38. The molecule has 1 heterocycles. The summed E-state index contributed by atoms with van der Waals surface area (Å²) < 4.78 is 26.5. The summed E-state index contributed by atoms with van der Waals surface area (Å²) >= 11 is 7.52.